The molecule has 6 N–H and O–H groups in total. The number of rotatable bonds is 16. The molecule has 5 unspecified atom stereocenters. The van der Waals surface area contributed by atoms with Gasteiger partial charge in [-0.3, -0.25) is 20.1 Å². The zero-order valence-electron chi connectivity index (χ0n) is 27.7. The van der Waals surface area contributed by atoms with E-state index in [2.05, 4.69) is 36.8 Å². The van der Waals surface area contributed by atoms with E-state index in [0.29, 0.717) is 35.8 Å². The van der Waals surface area contributed by atoms with Crippen molar-refractivity contribution in [2.45, 2.75) is 65.3 Å². The van der Waals surface area contributed by atoms with Crippen molar-refractivity contribution >= 4 is 33.2 Å². The van der Waals surface area contributed by atoms with Crippen molar-refractivity contribution in [2.24, 2.45) is 16.6 Å². The molecular formula is C33H50F2N7O2PS. The summed E-state index contributed by atoms with van der Waals surface area (Å²) in [5.74, 6) is -0.854. The van der Waals surface area contributed by atoms with E-state index >= 15 is 4.39 Å². The summed E-state index contributed by atoms with van der Waals surface area (Å²) in [5.41, 5.74) is 8.21. The number of urea groups is 1. The summed E-state index contributed by atoms with van der Waals surface area (Å²) >= 11 is 1.49. The Morgan fingerprint density at radius 1 is 1.30 bits per heavy atom. The van der Waals surface area contributed by atoms with Crippen molar-refractivity contribution in [1.82, 2.24) is 25.8 Å². The van der Waals surface area contributed by atoms with Crippen molar-refractivity contribution in [3.8, 4) is 0 Å². The van der Waals surface area contributed by atoms with Crippen LogP contribution in [0.15, 0.2) is 98.6 Å². The lowest BCUT2D eigenvalue weighted by Gasteiger charge is -2.30. The van der Waals surface area contributed by atoms with Crippen LogP contribution < -0.4 is 21.7 Å². The number of nitrogens with two attached hydrogens (primary N) is 1. The molecular weight excluding hydrogens is 627 g/mol. The number of hydrogen-bond donors (Lipinski definition) is 5. The van der Waals surface area contributed by atoms with E-state index in [4.69, 9.17) is 5.73 Å². The average molecular weight is 678 g/mol. The fraction of sp³-hybridized carbons (Fsp3) is 0.455. The van der Waals surface area contributed by atoms with Gasteiger partial charge < -0.3 is 21.5 Å². The van der Waals surface area contributed by atoms with Gasteiger partial charge in [-0.2, -0.15) is 0 Å². The first-order valence-electron chi connectivity index (χ1n) is 15.2. The Hall–Kier alpha value is -2.86. The molecule has 0 saturated heterocycles. The van der Waals surface area contributed by atoms with Crippen molar-refractivity contribution in [1.29, 1.82) is 0 Å². The van der Waals surface area contributed by atoms with Crippen LogP contribution in [0, 0.1) is 5.92 Å². The third-order valence-electron chi connectivity index (χ3n) is 7.46. The smallest absolute Gasteiger partial charge is 0.324 e. The second kappa shape index (κ2) is 19.7. The fourth-order valence-electron chi connectivity index (χ4n) is 4.68. The highest BCUT2D eigenvalue weighted by Crippen LogP contribution is 2.31. The molecule has 0 heterocycles. The van der Waals surface area contributed by atoms with Gasteiger partial charge >= 0.3 is 6.03 Å². The summed E-state index contributed by atoms with van der Waals surface area (Å²) in [6.07, 6.45) is 16.0. The summed E-state index contributed by atoms with van der Waals surface area (Å²) in [6.45, 7) is 10.7. The van der Waals surface area contributed by atoms with Gasteiger partial charge in [-0.25, -0.2) is 13.6 Å². The maximum atomic E-state index is 15.6. The number of halogens is 2. The lowest BCUT2D eigenvalue weighted by atomic mass is 9.98. The summed E-state index contributed by atoms with van der Waals surface area (Å²) in [7, 11) is 4.32. The molecule has 254 valence electrons. The van der Waals surface area contributed by atoms with Gasteiger partial charge in [-0.15, -0.1) is 21.0 Å². The minimum absolute atomic E-state index is 0.00254. The molecule has 5 atom stereocenters. The molecule has 0 spiro atoms. The second-order valence-corrected chi connectivity index (χ2v) is 12.7. The minimum Gasteiger partial charge on any atom is -0.381 e. The van der Waals surface area contributed by atoms with Crippen LogP contribution in [-0.2, 0) is 0 Å². The molecule has 2 rings (SSSR count). The Morgan fingerprint density at radius 2 is 2.02 bits per heavy atom. The lowest BCUT2D eigenvalue weighted by molar-refractivity contribution is 0.187. The van der Waals surface area contributed by atoms with Crippen LogP contribution >= 0.6 is 21.0 Å². The molecule has 0 bridgehead atoms. The largest absolute Gasteiger partial charge is 0.381 e. The van der Waals surface area contributed by atoms with Crippen LogP contribution in [-0.4, -0.2) is 72.2 Å². The molecule has 0 aromatic heterocycles. The van der Waals surface area contributed by atoms with Crippen LogP contribution in [0.4, 0.5) is 13.6 Å². The highest BCUT2D eigenvalue weighted by atomic mass is 32.2. The molecule has 0 saturated carbocycles. The van der Waals surface area contributed by atoms with E-state index in [0.717, 1.165) is 10.5 Å². The Bertz CT molecular complexity index is 1340. The number of aliphatic imine (C=N–C) groups is 1. The Balaban J connectivity index is 2.45. The van der Waals surface area contributed by atoms with Crippen molar-refractivity contribution in [2.75, 3.05) is 26.7 Å². The highest BCUT2D eigenvalue weighted by Gasteiger charge is 2.25. The summed E-state index contributed by atoms with van der Waals surface area (Å²) in [6, 6.07) is -0.731. The topological polar surface area (TPSA) is 118 Å². The molecule has 0 radical (unpaired) electrons. The third-order valence-corrected chi connectivity index (χ3v) is 8.73. The maximum absolute atomic E-state index is 15.6. The first kappa shape index (κ1) is 39.3. The normalized spacial score (nSPS) is 20.4. The lowest BCUT2D eigenvalue weighted by Crippen LogP contribution is -2.52. The number of allylic oxidation sites excluding steroid dienone is 11. The van der Waals surface area contributed by atoms with E-state index < -0.39 is 18.0 Å². The fourth-order valence-corrected chi connectivity index (χ4v) is 5.70. The highest BCUT2D eigenvalue weighted by molar-refractivity contribution is 8.02. The molecule has 46 heavy (non-hydrogen) atoms. The number of amides is 2. The van der Waals surface area contributed by atoms with Gasteiger partial charge in [0.1, 0.15) is 17.8 Å². The number of nitrogens with one attached hydrogen (secondary N) is 3. The number of carbonyl (C=O) groups excluding carboxylic acids is 1. The van der Waals surface area contributed by atoms with Gasteiger partial charge in [0.05, 0.1) is 31.3 Å². The quantitative estimate of drug-likeness (QED) is 0.0787. The number of carbonyl (C=O) groups is 1. The van der Waals surface area contributed by atoms with Crippen molar-refractivity contribution in [3.05, 3.63) is 93.6 Å². The standard InChI is InChI=1S/C33H50F2N7O2PS/c1-8-25-15-24(9-13-29(45)32(25)35)10-14-31(40-33(44)42(19-38-20-43)22(4)18-37-17-21(2)3)39-27-16-30(46-7)28(12-11-26(27)34)41(6)23(5)36/h9,11-13,15-18,23-24,28,31,38-39,43H,2,8,10,14,19-20,36,45H2,1,3-7H3,(H,40,44)/b22-18+,37-17?. The Morgan fingerprint density at radius 3 is 2.63 bits per heavy atom. The average Bonchev–Trinajstić information content (AvgIpc) is 3.25. The van der Waals surface area contributed by atoms with Gasteiger partial charge in [0.15, 0.2) is 0 Å². The predicted octanol–water partition coefficient (Wildman–Crippen LogP) is 5.88. The first-order chi connectivity index (χ1) is 21.8. The van der Waals surface area contributed by atoms with Crippen LogP contribution in [0.1, 0.15) is 47.0 Å². The van der Waals surface area contributed by atoms with Crippen LogP contribution in [0.2, 0.25) is 0 Å². The zero-order valence-corrected chi connectivity index (χ0v) is 29.7. The van der Waals surface area contributed by atoms with E-state index in [1.807, 2.05) is 44.2 Å². The van der Waals surface area contributed by atoms with Gasteiger partial charge in [0.2, 0.25) is 0 Å². The zero-order chi connectivity index (χ0) is 34.4. The molecule has 13 heteroatoms. The number of hydrogen-bond acceptors (Lipinski definition) is 8. The summed E-state index contributed by atoms with van der Waals surface area (Å²) < 4.78 is 30.4. The number of nitrogens with zero attached hydrogens (tertiary/aromatic N) is 3. The Kier molecular flexibility index (Phi) is 16.9. The van der Waals surface area contributed by atoms with Crippen molar-refractivity contribution in [3.63, 3.8) is 0 Å². The van der Waals surface area contributed by atoms with Gasteiger partial charge in [0, 0.05) is 28.3 Å². The van der Waals surface area contributed by atoms with Gasteiger partial charge in [-0.1, -0.05) is 37.8 Å². The first-order valence-corrected chi connectivity index (χ1v) is 17.0. The number of likely N-dealkylation sites (N-methyl/N-ethyl adjacent to an activating group) is 1. The molecule has 0 fully saturated rings. The third kappa shape index (κ3) is 12.1. The molecule has 0 aromatic carbocycles. The van der Waals surface area contributed by atoms with E-state index in [9.17, 15) is 14.3 Å². The molecule has 2 aliphatic carbocycles. The SMILES string of the molecule is C=C(C)C=N/C=C(\C)N(CNCO)C(=O)NC(CCC1C=CC(P)=C(F)C(CC)=C1)NC1=C(F)C=CC(N(C)C(C)N)C(SC)=C1. The van der Waals surface area contributed by atoms with Crippen molar-refractivity contribution < 1.29 is 18.7 Å². The number of thioether (sulfide) groups is 1. The molecule has 2 aliphatic rings. The minimum atomic E-state index is -0.726. The van der Waals surface area contributed by atoms with E-state index in [1.54, 1.807) is 38.3 Å². The van der Waals surface area contributed by atoms with Crippen LogP contribution in [0.5, 0.6) is 0 Å². The van der Waals surface area contributed by atoms with Crippen LogP contribution in [0.3, 0.4) is 0 Å². The van der Waals surface area contributed by atoms with Gasteiger partial charge in [0.25, 0.3) is 0 Å². The summed E-state index contributed by atoms with van der Waals surface area (Å²) in [5, 5.41) is 18.9. The second-order valence-electron chi connectivity index (χ2n) is 11.2. The predicted molar refractivity (Wildman–Crippen MR) is 192 cm³/mol. The molecule has 0 aromatic rings. The Labute approximate surface area is 279 Å². The summed E-state index contributed by atoms with van der Waals surface area (Å²) in [4.78, 5) is 22.1. The maximum Gasteiger partial charge on any atom is 0.324 e. The molecule has 2 amide bonds. The molecule has 0 aliphatic heterocycles. The van der Waals surface area contributed by atoms with Gasteiger partial charge in [-0.05, 0) is 82.6 Å². The van der Waals surface area contributed by atoms with E-state index in [1.165, 1.54) is 28.9 Å². The van der Waals surface area contributed by atoms with E-state index in [-0.39, 0.29) is 43.0 Å². The number of aliphatic hydroxyl groups is 1. The molecule has 9 nitrogen and oxygen atoms in total. The number of aliphatic hydroxyl groups excluding tert-OH is 1. The monoisotopic (exact) mass is 677 g/mol. The van der Waals surface area contributed by atoms with Crippen LogP contribution in [0.25, 0.3) is 0 Å².